The summed E-state index contributed by atoms with van der Waals surface area (Å²) in [5.74, 6) is 1.04. The molecule has 3 nitrogen and oxygen atoms in total. The molecular formula is C14H26N2O. The Hall–Kier alpha value is -0.800. The van der Waals surface area contributed by atoms with E-state index in [4.69, 9.17) is 4.42 Å². The number of rotatable bonds is 8. The molecule has 17 heavy (non-hydrogen) atoms. The van der Waals surface area contributed by atoms with E-state index in [2.05, 4.69) is 37.9 Å². The summed E-state index contributed by atoms with van der Waals surface area (Å²) in [5, 5.41) is 3.55. The van der Waals surface area contributed by atoms with E-state index in [1.807, 2.05) is 12.1 Å². The van der Waals surface area contributed by atoms with Crippen molar-refractivity contribution in [2.24, 2.45) is 0 Å². The Bertz CT molecular complexity index is 284. The van der Waals surface area contributed by atoms with Gasteiger partial charge in [-0.3, -0.25) is 4.90 Å². The van der Waals surface area contributed by atoms with Crippen molar-refractivity contribution in [2.45, 2.75) is 52.7 Å². The van der Waals surface area contributed by atoms with Crippen LogP contribution in [0.25, 0.3) is 0 Å². The van der Waals surface area contributed by atoms with Crippen molar-refractivity contribution in [1.82, 2.24) is 10.2 Å². The Labute approximate surface area is 105 Å². The topological polar surface area (TPSA) is 28.4 Å². The van der Waals surface area contributed by atoms with Crippen molar-refractivity contribution in [2.75, 3.05) is 13.1 Å². The van der Waals surface area contributed by atoms with Crippen LogP contribution < -0.4 is 5.32 Å². The van der Waals surface area contributed by atoms with Gasteiger partial charge in [0.1, 0.15) is 5.76 Å². The minimum Gasteiger partial charge on any atom is -0.468 e. The van der Waals surface area contributed by atoms with Crippen molar-refractivity contribution in [3.63, 3.8) is 0 Å². The van der Waals surface area contributed by atoms with Crippen LogP contribution in [0.4, 0.5) is 0 Å². The van der Waals surface area contributed by atoms with Gasteiger partial charge in [0.25, 0.3) is 0 Å². The minimum atomic E-state index is 0.527. The van der Waals surface area contributed by atoms with Gasteiger partial charge in [0.15, 0.2) is 0 Å². The standard InChI is InChI=1S/C14H26N2O/c1-5-12(3)15-10-13(4)16(6-2)11-14-8-7-9-17-14/h7-9,12-13,15H,5-6,10-11H2,1-4H3. The Morgan fingerprint density at radius 2 is 2.12 bits per heavy atom. The zero-order valence-corrected chi connectivity index (χ0v) is 11.6. The molecule has 0 aliphatic heterocycles. The van der Waals surface area contributed by atoms with Gasteiger partial charge in [0, 0.05) is 18.6 Å². The van der Waals surface area contributed by atoms with Crippen LogP contribution in [0.15, 0.2) is 22.8 Å². The van der Waals surface area contributed by atoms with Gasteiger partial charge in [-0.25, -0.2) is 0 Å². The van der Waals surface area contributed by atoms with E-state index < -0.39 is 0 Å². The molecule has 2 unspecified atom stereocenters. The maximum atomic E-state index is 5.40. The highest BCUT2D eigenvalue weighted by Crippen LogP contribution is 2.08. The van der Waals surface area contributed by atoms with Crippen LogP contribution in [-0.2, 0) is 6.54 Å². The average molecular weight is 238 g/mol. The van der Waals surface area contributed by atoms with Crippen LogP contribution in [-0.4, -0.2) is 30.1 Å². The fourth-order valence-electron chi connectivity index (χ4n) is 1.83. The molecule has 0 spiro atoms. The van der Waals surface area contributed by atoms with Crippen molar-refractivity contribution in [1.29, 1.82) is 0 Å². The summed E-state index contributed by atoms with van der Waals surface area (Å²) in [5.41, 5.74) is 0. The van der Waals surface area contributed by atoms with Crippen LogP contribution >= 0.6 is 0 Å². The van der Waals surface area contributed by atoms with Crippen LogP contribution in [0.1, 0.15) is 39.9 Å². The van der Waals surface area contributed by atoms with Gasteiger partial charge in [-0.1, -0.05) is 13.8 Å². The van der Waals surface area contributed by atoms with Gasteiger partial charge in [-0.15, -0.1) is 0 Å². The van der Waals surface area contributed by atoms with Crippen molar-refractivity contribution >= 4 is 0 Å². The summed E-state index contributed by atoms with van der Waals surface area (Å²) in [6, 6.07) is 5.11. The van der Waals surface area contributed by atoms with Crippen LogP contribution in [0.5, 0.6) is 0 Å². The summed E-state index contributed by atoms with van der Waals surface area (Å²) in [6.07, 6.45) is 2.92. The molecule has 0 fully saturated rings. The van der Waals surface area contributed by atoms with E-state index in [0.717, 1.165) is 25.4 Å². The molecular weight excluding hydrogens is 212 g/mol. The van der Waals surface area contributed by atoms with E-state index in [-0.39, 0.29) is 0 Å². The van der Waals surface area contributed by atoms with Gasteiger partial charge in [0.05, 0.1) is 12.8 Å². The second-order valence-corrected chi connectivity index (χ2v) is 4.71. The first-order valence-corrected chi connectivity index (χ1v) is 6.67. The zero-order valence-electron chi connectivity index (χ0n) is 11.6. The zero-order chi connectivity index (χ0) is 12.7. The predicted octanol–water partition coefficient (Wildman–Crippen LogP) is 2.88. The van der Waals surface area contributed by atoms with Gasteiger partial charge < -0.3 is 9.73 Å². The monoisotopic (exact) mass is 238 g/mol. The smallest absolute Gasteiger partial charge is 0.117 e. The molecule has 0 amide bonds. The lowest BCUT2D eigenvalue weighted by Crippen LogP contribution is -2.42. The Kier molecular flexibility index (Phi) is 6.30. The van der Waals surface area contributed by atoms with E-state index in [9.17, 15) is 0 Å². The minimum absolute atomic E-state index is 0.527. The molecule has 1 heterocycles. The molecule has 0 aliphatic rings. The molecule has 0 saturated carbocycles. The fraction of sp³-hybridized carbons (Fsp3) is 0.714. The fourth-order valence-corrected chi connectivity index (χ4v) is 1.83. The van der Waals surface area contributed by atoms with Crippen molar-refractivity contribution in [3.8, 4) is 0 Å². The van der Waals surface area contributed by atoms with Crippen molar-refractivity contribution < 1.29 is 4.42 Å². The highest BCUT2D eigenvalue weighted by atomic mass is 16.3. The molecule has 1 N–H and O–H groups in total. The summed E-state index contributed by atoms with van der Waals surface area (Å²) in [4.78, 5) is 2.42. The highest BCUT2D eigenvalue weighted by molar-refractivity contribution is 4.98. The predicted molar refractivity (Wildman–Crippen MR) is 72.0 cm³/mol. The summed E-state index contributed by atoms with van der Waals surface area (Å²) >= 11 is 0. The van der Waals surface area contributed by atoms with E-state index in [1.165, 1.54) is 6.42 Å². The summed E-state index contributed by atoms with van der Waals surface area (Å²) in [6.45, 7) is 11.9. The molecule has 1 rings (SSSR count). The molecule has 0 aromatic carbocycles. The lowest BCUT2D eigenvalue weighted by atomic mass is 10.2. The first-order valence-electron chi connectivity index (χ1n) is 6.67. The highest BCUT2D eigenvalue weighted by Gasteiger charge is 2.14. The number of likely N-dealkylation sites (N-methyl/N-ethyl adjacent to an activating group) is 1. The molecule has 0 saturated heterocycles. The maximum absolute atomic E-state index is 5.40. The Balaban J connectivity index is 2.38. The first kappa shape index (κ1) is 14.3. The molecule has 1 aromatic rings. The molecule has 0 radical (unpaired) electrons. The van der Waals surface area contributed by atoms with E-state index >= 15 is 0 Å². The SMILES string of the molecule is CCC(C)NCC(C)N(CC)Cc1ccco1. The lowest BCUT2D eigenvalue weighted by Gasteiger charge is -2.28. The quantitative estimate of drug-likeness (QED) is 0.755. The van der Waals surface area contributed by atoms with Gasteiger partial charge in [-0.2, -0.15) is 0 Å². The molecule has 0 bridgehead atoms. The molecule has 0 aliphatic carbocycles. The van der Waals surface area contributed by atoms with E-state index in [1.54, 1.807) is 6.26 Å². The lowest BCUT2D eigenvalue weighted by molar-refractivity contribution is 0.188. The molecule has 1 aromatic heterocycles. The normalized spacial score (nSPS) is 15.1. The third kappa shape index (κ3) is 4.92. The number of hydrogen-bond donors (Lipinski definition) is 1. The average Bonchev–Trinajstić information content (AvgIpc) is 2.85. The number of hydrogen-bond acceptors (Lipinski definition) is 3. The largest absolute Gasteiger partial charge is 0.468 e. The van der Waals surface area contributed by atoms with Crippen LogP contribution in [0.2, 0.25) is 0 Å². The number of nitrogens with zero attached hydrogens (tertiary/aromatic N) is 1. The molecule has 2 atom stereocenters. The Morgan fingerprint density at radius 3 is 2.65 bits per heavy atom. The second kappa shape index (κ2) is 7.51. The van der Waals surface area contributed by atoms with Gasteiger partial charge in [-0.05, 0) is 38.9 Å². The Morgan fingerprint density at radius 1 is 1.35 bits per heavy atom. The molecule has 3 heteroatoms. The maximum Gasteiger partial charge on any atom is 0.117 e. The van der Waals surface area contributed by atoms with Crippen LogP contribution in [0, 0.1) is 0 Å². The third-order valence-electron chi connectivity index (χ3n) is 3.34. The third-order valence-corrected chi connectivity index (χ3v) is 3.34. The second-order valence-electron chi connectivity index (χ2n) is 4.71. The van der Waals surface area contributed by atoms with Crippen molar-refractivity contribution in [3.05, 3.63) is 24.2 Å². The summed E-state index contributed by atoms with van der Waals surface area (Å²) in [7, 11) is 0. The van der Waals surface area contributed by atoms with Crippen LogP contribution in [0.3, 0.4) is 0 Å². The first-order chi connectivity index (χ1) is 8.17. The number of nitrogens with one attached hydrogen (secondary N) is 1. The van der Waals surface area contributed by atoms with E-state index in [0.29, 0.717) is 12.1 Å². The molecule has 98 valence electrons. The summed E-state index contributed by atoms with van der Waals surface area (Å²) < 4.78 is 5.40. The van der Waals surface area contributed by atoms with Gasteiger partial charge in [0.2, 0.25) is 0 Å². The van der Waals surface area contributed by atoms with Gasteiger partial charge >= 0.3 is 0 Å². The number of furan rings is 1.